The van der Waals surface area contributed by atoms with Crippen molar-refractivity contribution in [3.63, 3.8) is 0 Å². The van der Waals surface area contributed by atoms with Crippen LogP contribution in [0.4, 0.5) is 0 Å². The zero-order valence-corrected chi connectivity index (χ0v) is 8.97. The molecule has 1 fully saturated rings. The average molecular weight is 288 g/mol. The molecule has 0 aliphatic carbocycles. The molecule has 1 saturated heterocycles. The molecule has 1 aliphatic heterocycles. The Bertz CT molecular complexity index is 127. The highest BCUT2D eigenvalue weighted by atomic mass is 127. The molecule has 0 aromatic rings. The van der Waals surface area contributed by atoms with Crippen LogP contribution in [0.15, 0.2) is 0 Å². The molecule has 0 amide bonds. The summed E-state index contributed by atoms with van der Waals surface area (Å²) < 4.78 is 10.2. The molecule has 0 spiro atoms. The zero-order chi connectivity index (χ0) is 9.14. The number of hydrogen-bond acceptors (Lipinski definition) is 4. The van der Waals surface area contributed by atoms with Crippen molar-refractivity contribution in [2.75, 3.05) is 20.3 Å². The van der Waals surface area contributed by atoms with E-state index in [4.69, 9.17) is 14.6 Å². The van der Waals surface area contributed by atoms with Crippen molar-refractivity contribution in [2.24, 2.45) is 5.92 Å². The molecule has 0 radical (unpaired) electrons. The van der Waals surface area contributed by atoms with E-state index in [1.165, 1.54) is 7.11 Å². The number of aliphatic hydroxyl groups is 2. The SMILES string of the molecule is CO[C@@H]1[C@@H](CO)[C@H](I)OC[C@H]1O. The van der Waals surface area contributed by atoms with E-state index in [0.717, 1.165) is 0 Å². The first kappa shape index (κ1) is 10.6. The lowest BCUT2D eigenvalue weighted by Crippen LogP contribution is -2.49. The summed E-state index contributed by atoms with van der Waals surface area (Å²) in [6, 6.07) is 0. The van der Waals surface area contributed by atoms with Crippen LogP contribution < -0.4 is 0 Å². The highest BCUT2D eigenvalue weighted by Crippen LogP contribution is 2.27. The Balaban J connectivity index is 2.61. The molecule has 5 heteroatoms. The molecular weight excluding hydrogens is 275 g/mol. The standard InChI is InChI=1S/C7H13IO4/c1-11-6-4(2-9)7(8)12-3-5(6)10/h4-7,9-10H,2-3H2,1H3/t4-,5-,6-,7-/m1/s1. The number of aliphatic hydroxyl groups excluding tert-OH is 2. The van der Waals surface area contributed by atoms with Crippen molar-refractivity contribution in [2.45, 2.75) is 16.3 Å². The van der Waals surface area contributed by atoms with Crippen LogP contribution in [0.2, 0.25) is 0 Å². The van der Waals surface area contributed by atoms with Gasteiger partial charge in [-0.2, -0.15) is 0 Å². The van der Waals surface area contributed by atoms with Gasteiger partial charge in [-0.1, -0.05) is 22.6 Å². The molecule has 72 valence electrons. The summed E-state index contributed by atoms with van der Waals surface area (Å²) in [5.41, 5.74) is 0. The molecule has 0 saturated carbocycles. The maximum atomic E-state index is 9.42. The summed E-state index contributed by atoms with van der Waals surface area (Å²) in [4.78, 5) is 0. The van der Waals surface area contributed by atoms with Gasteiger partial charge in [0.05, 0.1) is 19.3 Å². The van der Waals surface area contributed by atoms with Crippen LogP contribution in [0, 0.1) is 5.92 Å². The molecule has 1 aliphatic rings. The quantitative estimate of drug-likeness (QED) is 0.544. The summed E-state index contributed by atoms with van der Waals surface area (Å²) >= 11 is 2.09. The van der Waals surface area contributed by atoms with E-state index in [-0.39, 0.29) is 29.3 Å². The van der Waals surface area contributed by atoms with Crippen molar-refractivity contribution < 1.29 is 19.7 Å². The first-order chi connectivity index (χ1) is 5.70. The van der Waals surface area contributed by atoms with Crippen molar-refractivity contribution in [1.29, 1.82) is 0 Å². The largest absolute Gasteiger partial charge is 0.396 e. The number of ether oxygens (including phenoxy) is 2. The molecule has 4 nitrogen and oxygen atoms in total. The van der Waals surface area contributed by atoms with Gasteiger partial charge in [0, 0.05) is 13.0 Å². The van der Waals surface area contributed by atoms with Crippen LogP contribution in [0.25, 0.3) is 0 Å². The third kappa shape index (κ3) is 2.08. The molecule has 1 rings (SSSR count). The van der Waals surface area contributed by atoms with Crippen molar-refractivity contribution in [3.8, 4) is 0 Å². The number of hydrogen-bond donors (Lipinski definition) is 2. The lowest BCUT2D eigenvalue weighted by molar-refractivity contribution is -0.149. The Morgan fingerprint density at radius 3 is 2.75 bits per heavy atom. The van der Waals surface area contributed by atoms with Gasteiger partial charge in [-0.3, -0.25) is 0 Å². The number of alkyl halides is 1. The van der Waals surface area contributed by atoms with Gasteiger partial charge < -0.3 is 19.7 Å². The van der Waals surface area contributed by atoms with E-state index in [2.05, 4.69) is 22.6 Å². The Labute approximate surface area is 85.0 Å². The number of halogens is 1. The van der Waals surface area contributed by atoms with Crippen LogP contribution in [0.1, 0.15) is 0 Å². The molecule has 4 atom stereocenters. The van der Waals surface area contributed by atoms with Gasteiger partial charge in [0.2, 0.25) is 0 Å². The van der Waals surface area contributed by atoms with Gasteiger partial charge in [0.25, 0.3) is 0 Å². The van der Waals surface area contributed by atoms with Crippen LogP contribution in [-0.4, -0.2) is 46.9 Å². The smallest absolute Gasteiger partial charge is 0.116 e. The Morgan fingerprint density at radius 2 is 2.33 bits per heavy atom. The fourth-order valence-electron chi connectivity index (χ4n) is 1.36. The summed E-state index contributed by atoms with van der Waals surface area (Å²) in [6.45, 7) is 0.256. The average Bonchev–Trinajstić information content (AvgIpc) is 2.08. The maximum Gasteiger partial charge on any atom is 0.116 e. The highest BCUT2D eigenvalue weighted by Gasteiger charge is 2.38. The van der Waals surface area contributed by atoms with Crippen LogP contribution in [0.5, 0.6) is 0 Å². The van der Waals surface area contributed by atoms with Crippen molar-refractivity contribution >= 4 is 22.6 Å². The van der Waals surface area contributed by atoms with Gasteiger partial charge in [-0.15, -0.1) is 0 Å². The third-order valence-electron chi connectivity index (χ3n) is 2.05. The van der Waals surface area contributed by atoms with Crippen molar-refractivity contribution in [1.82, 2.24) is 0 Å². The van der Waals surface area contributed by atoms with E-state index in [9.17, 15) is 5.11 Å². The van der Waals surface area contributed by atoms with Crippen LogP contribution >= 0.6 is 22.6 Å². The molecule has 0 aromatic heterocycles. The second-order valence-corrected chi connectivity index (χ2v) is 4.03. The molecule has 0 aromatic carbocycles. The second kappa shape index (κ2) is 4.71. The van der Waals surface area contributed by atoms with E-state index in [0.29, 0.717) is 0 Å². The van der Waals surface area contributed by atoms with Crippen LogP contribution in [-0.2, 0) is 9.47 Å². The van der Waals surface area contributed by atoms with Gasteiger partial charge in [-0.05, 0) is 0 Å². The minimum atomic E-state index is -0.627. The lowest BCUT2D eigenvalue weighted by Gasteiger charge is -2.36. The van der Waals surface area contributed by atoms with Gasteiger partial charge in [0.15, 0.2) is 0 Å². The Morgan fingerprint density at radius 1 is 1.67 bits per heavy atom. The normalized spacial score (nSPS) is 43.0. The van der Waals surface area contributed by atoms with Gasteiger partial charge >= 0.3 is 0 Å². The summed E-state index contributed by atoms with van der Waals surface area (Å²) in [5.74, 6) is -0.139. The van der Waals surface area contributed by atoms with Gasteiger partial charge in [-0.25, -0.2) is 0 Å². The highest BCUT2D eigenvalue weighted by molar-refractivity contribution is 14.1. The fraction of sp³-hybridized carbons (Fsp3) is 1.00. The number of methoxy groups -OCH3 is 1. The van der Waals surface area contributed by atoms with Gasteiger partial charge in [0.1, 0.15) is 10.2 Å². The molecule has 0 unspecified atom stereocenters. The summed E-state index contributed by atoms with van der Waals surface area (Å²) in [6.07, 6.45) is -0.941. The molecule has 2 N–H and O–H groups in total. The summed E-state index contributed by atoms with van der Waals surface area (Å²) in [7, 11) is 1.53. The molecule has 12 heavy (non-hydrogen) atoms. The Hall–Kier alpha value is 0.570. The first-order valence-electron chi connectivity index (χ1n) is 3.78. The minimum Gasteiger partial charge on any atom is -0.396 e. The molecular formula is C7H13IO4. The van der Waals surface area contributed by atoms with Crippen molar-refractivity contribution in [3.05, 3.63) is 0 Å². The topological polar surface area (TPSA) is 58.9 Å². The first-order valence-corrected chi connectivity index (χ1v) is 5.02. The predicted octanol–water partition coefficient (Wildman–Crippen LogP) is -0.238. The lowest BCUT2D eigenvalue weighted by atomic mass is 9.97. The van der Waals surface area contributed by atoms with E-state index < -0.39 is 6.10 Å². The minimum absolute atomic E-state index is 0.0246. The monoisotopic (exact) mass is 288 g/mol. The van der Waals surface area contributed by atoms with E-state index >= 15 is 0 Å². The Kier molecular flexibility index (Phi) is 4.18. The third-order valence-corrected chi connectivity index (χ3v) is 3.33. The fourth-order valence-corrected chi connectivity index (χ4v) is 2.21. The number of rotatable bonds is 2. The molecule has 1 heterocycles. The maximum absolute atomic E-state index is 9.42. The zero-order valence-electron chi connectivity index (χ0n) is 6.81. The second-order valence-electron chi connectivity index (χ2n) is 2.80. The van der Waals surface area contributed by atoms with E-state index in [1.807, 2.05) is 0 Å². The van der Waals surface area contributed by atoms with E-state index in [1.54, 1.807) is 0 Å². The predicted molar refractivity (Wildman–Crippen MR) is 51.1 cm³/mol. The van der Waals surface area contributed by atoms with Crippen LogP contribution in [0.3, 0.4) is 0 Å². The summed E-state index contributed by atoms with van der Waals surface area (Å²) in [5, 5.41) is 18.4. The molecule has 0 bridgehead atoms.